The summed E-state index contributed by atoms with van der Waals surface area (Å²) < 4.78 is 31.4. The Morgan fingerprint density at radius 1 is 1.29 bits per heavy atom. The summed E-state index contributed by atoms with van der Waals surface area (Å²) in [5.74, 6) is -0.182. The van der Waals surface area contributed by atoms with Gasteiger partial charge in [-0.2, -0.15) is 0 Å². The standard InChI is InChI=1S/C14H21F2N3O.HI/c1-3-17-14(19-8-9-20-2)18-7-6-11-10-12(15)4-5-13(11)16;/h4-5,10H,3,6-9H2,1-2H3,(H2,17,18,19);1H. The molecule has 1 rings (SSSR count). The molecule has 4 nitrogen and oxygen atoms in total. The van der Waals surface area contributed by atoms with Crippen LogP contribution in [0.1, 0.15) is 12.5 Å². The highest BCUT2D eigenvalue weighted by Gasteiger charge is 2.04. The lowest BCUT2D eigenvalue weighted by Gasteiger charge is -2.11. The van der Waals surface area contributed by atoms with Crippen LogP contribution in [0.3, 0.4) is 0 Å². The van der Waals surface area contributed by atoms with E-state index in [0.29, 0.717) is 37.6 Å². The normalized spacial score (nSPS) is 11.0. The van der Waals surface area contributed by atoms with Crippen molar-refractivity contribution in [2.24, 2.45) is 4.99 Å². The SMILES string of the molecule is CCNC(=NCCOC)NCCc1cc(F)ccc1F.I. The smallest absolute Gasteiger partial charge is 0.191 e. The lowest BCUT2D eigenvalue weighted by atomic mass is 10.1. The topological polar surface area (TPSA) is 45.7 Å². The molecule has 0 saturated heterocycles. The number of ether oxygens (including phenoxy) is 1. The molecule has 2 N–H and O–H groups in total. The highest BCUT2D eigenvalue weighted by Crippen LogP contribution is 2.09. The molecule has 0 atom stereocenters. The van der Waals surface area contributed by atoms with Gasteiger partial charge < -0.3 is 15.4 Å². The van der Waals surface area contributed by atoms with Gasteiger partial charge in [0.2, 0.25) is 0 Å². The minimum atomic E-state index is -0.429. The second-order valence-corrected chi connectivity index (χ2v) is 4.17. The maximum absolute atomic E-state index is 13.4. The molecule has 0 bridgehead atoms. The minimum absolute atomic E-state index is 0. The maximum atomic E-state index is 13.4. The summed E-state index contributed by atoms with van der Waals surface area (Å²) in [6, 6.07) is 3.47. The number of aliphatic imine (C=N–C) groups is 1. The monoisotopic (exact) mass is 413 g/mol. The van der Waals surface area contributed by atoms with Crippen LogP contribution in [-0.4, -0.2) is 39.3 Å². The van der Waals surface area contributed by atoms with Gasteiger partial charge in [0.15, 0.2) is 5.96 Å². The lowest BCUT2D eigenvalue weighted by molar-refractivity contribution is 0.208. The first-order chi connectivity index (χ1) is 9.67. The van der Waals surface area contributed by atoms with Crippen LogP contribution >= 0.6 is 24.0 Å². The number of benzene rings is 1. The number of hydrogen-bond acceptors (Lipinski definition) is 2. The van der Waals surface area contributed by atoms with E-state index in [1.807, 2.05) is 6.92 Å². The van der Waals surface area contributed by atoms with Crippen LogP contribution in [0.15, 0.2) is 23.2 Å². The Bertz CT molecular complexity index is 444. The Kier molecular flexibility index (Phi) is 11.1. The third-order valence-electron chi connectivity index (χ3n) is 2.60. The molecule has 0 radical (unpaired) electrons. The first kappa shape index (κ1) is 20.0. The number of guanidine groups is 1. The van der Waals surface area contributed by atoms with Crippen molar-refractivity contribution in [3.8, 4) is 0 Å². The zero-order valence-corrected chi connectivity index (χ0v) is 14.6. The molecular weight excluding hydrogens is 391 g/mol. The second-order valence-electron chi connectivity index (χ2n) is 4.17. The summed E-state index contributed by atoms with van der Waals surface area (Å²) in [6.07, 6.45) is 0.387. The summed E-state index contributed by atoms with van der Waals surface area (Å²) in [6.45, 7) is 4.24. The van der Waals surface area contributed by atoms with Gasteiger partial charge in [-0.05, 0) is 37.1 Å². The Labute approximate surface area is 141 Å². The first-order valence-corrected chi connectivity index (χ1v) is 6.62. The maximum Gasteiger partial charge on any atom is 0.191 e. The zero-order chi connectivity index (χ0) is 14.8. The summed E-state index contributed by atoms with van der Waals surface area (Å²) in [7, 11) is 1.61. The molecule has 0 unspecified atom stereocenters. The number of nitrogens with one attached hydrogen (secondary N) is 2. The van der Waals surface area contributed by atoms with E-state index in [2.05, 4.69) is 15.6 Å². The lowest BCUT2D eigenvalue weighted by Crippen LogP contribution is -2.38. The van der Waals surface area contributed by atoms with Crippen LogP contribution in [0.5, 0.6) is 0 Å². The molecule has 120 valence electrons. The van der Waals surface area contributed by atoms with Crippen molar-refractivity contribution in [2.45, 2.75) is 13.3 Å². The van der Waals surface area contributed by atoms with E-state index in [9.17, 15) is 8.78 Å². The fraction of sp³-hybridized carbons (Fsp3) is 0.500. The van der Waals surface area contributed by atoms with Crippen molar-refractivity contribution in [3.05, 3.63) is 35.4 Å². The number of halogens is 3. The molecule has 0 aliphatic carbocycles. The van der Waals surface area contributed by atoms with E-state index in [4.69, 9.17) is 4.74 Å². The zero-order valence-electron chi connectivity index (χ0n) is 12.3. The molecule has 1 aromatic carbocycles. The Morgan fingerprint density at radius 3 is 2.71 bits per heavy atom. The van der Waals surface area contributed by atoms with Crippen molar-refractivity contribution >= 4 is 29.9 Å². The van der Waals surface area contributed by atoms with Crippen molar-refractivity contribution in [1.29, 1.82) is 0 Å². The Morgan fingerprint density at radius 2 is 2.05 bits per heavy atom. The molecule has 0 aromatic heterocycles. The number of nitrogens with zero attached hydrogens (tertiary/aromatic N) is 1. The summed E-state index contributed by atoms with van der Waals surface area (Å²) in [5, 5.41) is 6.14. The van der Waals surface area contributed by atoms with E-state index in [-0.39, 0.29) is 24.0 Å². The molecule has 0 saturated carbocycles. The molecule has 0 spiro atoms. The first-order valence-electron chi connectivity index (χ1n) is 6.62. The predicted octanol–water partition coefficient (Wildman–Crippen LogP) is 2.33. The van der Waals surface area contributed by atoms with Gasteiger partial charge >= 0.3 is 0 Å². The van der Waals surface area contributed by atoms with E-state index in [1.165, 1.54) is 6.07 Å². The number of rotatable bonds is 7. The molecule has 1 aromatic rings. The van der Waals surface area contributed by atoms with Crippen LogP contribution in [-0.2, 0) is 11.2 Å². The van der Waals surface area contributed by atoms with Crippen LogP contribution in [0, 0.1) is 11.6 Å². The molecule has 0 aliphatic rings. The van der Waals surface area contributed by atoms with Gasteiger partial charge in [-0.25, -0.2) is 8.78 Å². The van der Waals surface area contributed by atoms with E-state index >= 15 is 0 Å². The summed E-state index contributed by atoms with van der Waals surface area (Å²) in [5.41, 5.74) is 0.352. The second kappa shape index (κ2) is 11.7. The van der Waals surface area contributed by atoms with Crippen LogP contribution in [0.4, 0.5) is 8.78 Å². The average Bonchev–Trinajstić information content (AvgIpc) is 2.43. The number of methoxy groups -OCH3 is 1. The molecule has 0 fully saturated rings. The van der Waals surface area contributed by atoms with Crippen LogP contribution in [0.2, 0.25) is 0 Å². The summed E-state index contributed by atoms with van der Waals surface area (Å²) in [4.78, 5) is 4.28. The van der Waals surface area contributed by atoms with E-state index in [1.54, 1.807) is 7.11 Å². The van der Waals surface area contributed by atoms with Gasteiger partial charge in [-0.15, -0.1) is 24.0 Å². The molecule has 0 heterocycles. The van der Waals surface area contributed by atoms with Gasteiger partial charge in [-0.1, -0.05) is 0 Å². The van der Waals surface area contributed by atoms with E-state index in [0.717, 1.165) is 18.7 Å². The highest BCUT2D eigenvalue weighted by molar-refractivity contribution is 14.0. The quantitative estimate of drug-likeness (QED) is 0.312. The minimum Gasteiger partial charge on any atom is -0.383 e. The van der Waals surface area contributed by atoms with Crippen molar-refractivity contribution in [1.82, 2.24) is 10.6 Å². The van der Waals surface area contributed by atoms with Crippen LogP contribution < -0.4 is 10.6 Å². The summed E-state index contributed by atoms with van der Waals surface area (Å²) >= 11 is 0. The molecule has 21 heavy (non-hydrogen) atoms. The van der Waals surface area contributed by atoms with Gasteiger partial charge in [0.1, 0.15) is 11.6 Å². The number of hydrogen-bond donors (Lipinski definition) is 2. The fourth-order valence-corrected chi connectivity index (χ4v) is 1.64. The Hall–Kier alpha value is -0.960. The molecule has 0 aliphatic heterocycles. The third kappa shape index (κ3) is 8.15. The third-order valence-corrected chi connectivity index (χ3v) is 2.60. The van der Waals surface area contributed by atoms with Crippen molar-refractivity contribution in [3.63, 3.8) is 0 Å². The largest absolute Gasteiger partial charge is 0.383 e. The van der Waals surface area contributed by atoms with Crippen LogP contribution in [0.25, 0.3) is 0 Å². The molecule has 0 amide bonds. The predicted molar refractivity (Wildman–Crippen MR) is 91.3 cm³/mol. The highest BCUT2D eigenvalue weighted by atomic mass is 127. The van der Waals surface area contributed by atoms with Gasteiger partial charge in [-0.3, -0.25) is 4.99 Å². The van der Waals surface area contributed by atoms with Crippen molar-refractivity contribution in [2.75, 3.05) is 33.4 Å². The van der Waals surface area contributed by atoms with Gasteiger partial charge in [0.25, 0.3) is 0 Å². The Balaban J connectivity index is 0.00000400. The van der Waals surface area contributed by atoms with Crippen molar-refractivity contribution < 1.29 is 13.5 Å². The molecule has 7 heteroatoms. The average molecular weight is 413 g/mol. The molecular formula is C14H22F2IN3O. The van der Waals surface area contributed by atoms with E-state index < -0.39 is 11.6 Å². The van der Waals surface area contributed by atoms with Gasteiger partial charge in [0.05, 0.1) is 13.2 Å². The fourth-order valence-electron chi connectivity index (χ4n) is 1.64. The van der Waals surface area contributed by atoms with Gasteiger partial charge in [0, 0.05) is 20.2 Å².